The molecule has 1 aromatic carbocycles. The molecule has 0 aliphatic carbocycles. The Morgan fingerprint density at radius 1 is 0.880 bits per heavy atom. The van der Waals surface area contributed by atoms with Gasteiger partial charge in [-0.05, 0) is 30.2 Å². The van der Waals surface area contributed by atoms with Crippen LogP contribution in [0.1, 0.15) is 11.3 Å². The Balaban J connectivity index is 1.48. The second-order valence-electron chi connectivity index (χ2n) is 5.74. The van der Waals surface area contributed by atoms with Gasteiger partial charge in [0.25, 0.3) is 0 Å². The monoisotopic (exact) mass is 333 g/mol. The van der Waals surface area contributed by atoms with Gasteiger partial charge < -0.3 is 10.6 Å². The summed E-state index contributed by atoms with van der Waals surface area (Å²) in [5.74, 6) is 0.809. The Morgan fingerprint density at radius 3 is 2.48 bits per heavy atom. The van der Waals surface area contributed by atoms with Crippen LogP contribution in [0.2, 0.25) is 0 Å². The zero-order valence-corrected chi connectivity index (χ0v) is 14.4. The van der Waals surface area contributed by atoms with Crippen molar-refractivity contribution in [3.63, 3.8) is 0 Å². The van der Waals surface area contributed by atoms with Crippen LogP contribution in [0, 0.1) is 0 Å². The van der Waals surface area contributed by atoms with E-state index >= 15 is 0 Å². The quantitative estimate of drug-likeness (QED) is 0.538. The first-order chi connectivity index (χ1) is 12.4. The Hall–Kier alpha value is -2.95. The number of fused-ring (bicyclic) bond motifs is 1. The van der Waals surface area contributed by atoms with Gasteiger partial charge in [-0.1, -0.05) is 30.3 Å². The molecule has 0 saturated heterocycles. The smallest absolute Gasteiger partial charge is 0.190 e. The minimum Gasteiger partial charge on any atom is -0.356 e. The van der Waals surface area contributed by atoms with Crippen LogP contribution in [0.15, 0.2) is 65.9 Å². The van der Waals surface area contributed by atoms with Crippen LogP contribution in [0.3, 0.4) is 0 Å². The molecule has 25 heavy (non-hydrogen) atoms. The van der Waals surface area contributed by atoms with Crippen molar-refractivity contribution in [3.05, 3.63) is 72.2 Å². The number of pyridine rings is 2. The number of nitrogens with zero attached hydrogens (tertiary/aromatic N) is 3. The standard InChI is InChI=1S/C20H23N5/c1-21-20(25-15-11-18-9-2-3-12-22-18)24-14-10-17-7-4-6-16-8-5-13-23-19(16)17/h2-9,12-13H,10-11,14-15H2,1H3,(H2,21,24,25). The van der Waals surface area contributed by atoms with Crippen molar-refractivity contribution in [2.75, 3.05) is 20.1 Å². The predicted molar refractivity (Wildman–Crippen MR) is 103 cm³/mol. The van der Waals surface area contributed by atoms with E-state index in [1.54, 1.807) is 7.05 Å². The fourth-order valence-corrected chi connectivity index (χ4v) is 2.76. The first-order valence-corrected chi connectivity index (χ1v) is 8.54. The van der Waals surface area contributed by atoms with Crippen molar-refractivity contribution < 1.29 is 0 Å². The van der Waals surface area contributed by atoms with Crippen LogP contribution in [-0.2, 0) is 12.8 Å². The number of rotatable bonds is 6. The largest absolute Gasteiger partial charge is 0.356 e. The molecule has 0 bridgehead atoms. The summed E-state index contributed by atoms with van der Waals surface area (Å²) in [4.78, 5) is 13.1. The van der Waals surface area contributed by atoms with Gasteiger partial charge in [-0.25, -0.2) is 0 Å². The molecule has 128 valence electrons. The minimum absolute atomic E-state index is 0.798. The molecule has 0 saturated carbocycles. The highest BCUT2D eigenvalue weighted by molar-refractivity contribution is 5.82. The topological polar surface area (TPSA) is 62.2 Å². The number of benzene rings is 1. The molecule has 0 atom stereocenters. The number of aliphatic imine (C=N–C) groups is 1. The van der Waals surface area contributed by atoms with E-state index in [1.165, 1.54) is 10.9 Å². The zero-order chi connectivity index (χ0) is 17.3. The maximum absolute atomic E-state index is 4.50. The van der Waals surface area contributed by atoms with Gasteiger partial charge in [0.1, 0.15) is 0 Å². The number of hydrogen-bond donors (Lipinski definition) is 2. The predicted octanol–water partition coefficient (Wildman–Crippen LogP) is 2.58. The van der Waals surface area contributed by atoms with Gasteiger partial charge in [-0.15, -0.1) is 0 Å². The number of aromatic nitrogens is 2. The average molecular weight is 333 g/mol. The van der Waals surface area contributed by atoms with E-state index in [9.17, 15) is 0 Å². The van der Waals surface area contributed by atoms with Gasteiger partial charge >= 0.3 is 0 Å². The molecule has 0 fully saturated rings. The summed E-state index contributed by atoms with van der Waals surface area (Å²) >= 11 is 0. The molecule has 2 N–H and O–H groups in total. The molecule has 0 unspecified atom stereocenters. The molecule has 3 rings (SSSR count). The second kappa shape index (κ2) is 8.78. The van der Waals surface area contributed by atoms with Crippen molar-refractivity contribution in [1.82, 2.24) is 20.6 Å². The molecule has 3 aromatic rings. The van der Waals surface area contributed by atoms with E-state index in [1.807, 2.05) is 36.7 Å². The van der Waals surface area contributed by atoms with Crippen LogP contribution >= 0.6 is 0 Å². The van der Waals surface area contributed by atoms with Crippen LogP contribution in [0.5, 0.6) is 0 Å². The average Bonchev–Trinajstić information content (AvgIpc) is 2.68. The Bertz CT molecular complexity index is 824. The lowest BCUT2D eigenvalue weighted by molar-refractivity contribution is 0.777. The summed E-state index contributed by atoms with van der Waals surface area (Å²) in [6.45, 7) is 1.60. The van der Waals surface area contributed by atoms with E-state index in [0.29, 0.717) is 0 Å². The van der Waals surface area contributed by atoms with Crippen molar-refractivity contribution in [2.45, 2.75) is 12.8 Å². The van der Waals surface area contributed by atoms with Gasteiger partial charge in [0, 0.05) is 50.0 Å². The lowest BCUT2D eigenvalue weighted by atomic mass is 10.1. The highest BCUT2D eigenvalue weighted by atomic mass is 15.2. The van der Waals surface area contributed by atoms with Crippen LogP contribution in [0.4, 0.5) is 0 Å². The summed E-state index contributed by atoms with van der Waals surface area (Å²) in [6.07, 6.45) is 5.43. The van der Waals surface area contributed by atoms with Crippen LogP contribution in [-0.4, -0.2) is 36.1 Å². The highest BCUT2D eigenvalue weighted by Crippen LogP contribution is 2.15. The SMILES string of the molecule is CN=C(NCCc1ccccn1)NCCc1cccc2cccnc12. The summed E-state index contributed by atoms with van der Waals surface area (Å²) < 4.78 is 0. The molecule has 0 radical (unpaired) electrons. The first kappa shape index (κ1) is 16.9. The third kappa shape index (κ3) is 4.76. The Kier molecular flexibility index (Phi) is 5.93. The third-order valence-corrected chi connectivity index (χ3v) is 4.03. The molecule has 0 amide bonds. The summed E-state index contributed by atoms with van der Waals surface area (Å²) in [5, 5.41) is 7.86. The van der Waals surface area contributed by atoms with Gasteiger partial charge in [0.2, 0.25) is 0 Å². The normalized spacial score (nSPS) is 11.5. The van der Waals surface area contributed by atoms with E-state index in [0.717, 1.165) is 43.1 Å². The van der Waals surface area contributed by atoms with Crippen molar-refractivity contribution in [1.29, 1.82) is 0 Å². The molecular weight excluding hydrogens is 310 g/mol. The Morgan fingerprint density at radius 2 is 1.68 bits per heavy atom. The van der Waals surface area contributed by atoms with Crippen LogP contribution < -0.4 is 10.6 Å². The number of para-hydroxylation sites is 1. The second-order valence-corrected chi connectivity index (χ2v) is 5.74. The summed E-state index contributed by atoms with van der Waals surface area (Å²) in [6, 6.07) is 16.3. The lowest BCUT2D eigenvalue weighted by Gasteiger charge is -2.12. The van der Waals surface area contributed by atoms with E-state index in [4.69, 9.17) is 0 Å². The zero-order valence-electron chi connectivity index (χ0n) is 14.4. The van der Waals surface area contributed by atoms with Crippen molar-refractivity contribution in [3.8, 4) is 0 Å². The number of nitrogens with one attached hydrogen (secondary N) is 2. The van der Waals surface area contributed by atoms with Crippen LogP contribution in [0.25, 0.3) is 10.9 Å². The first-order valence-electron chi connectivity index (χ1n) is 8.54. The molecular formula is C20H23N5. The van der Waals surface area contributed by atoms with Crippen molar-refractivity contribution >= 4 is 16.9 Å². The van der Waals surface area contributed by atoms with E-state index < -0.39 is 0 Å². The third-order valence-electron chi connectivity index (χ3n) is 4.03. The summed E-state index contributed by atoms with van der Waals surface area (Å²) in [5.41, 5.74) is 3.40. The molecule has 5 nitrogen and oxygen atoms in total. The van der Waals surface area contributed by atoms with E-state index in [-0.39, 0.29) is 0 Å². The minimum atomic E-state index is 0.798. The molecule has 0 aliphatic rings. The van der Waals surface area contributed by atoms with Gasteiger partial charge in [0.05, 0.1) is 5.52 Å². The van der Waals surface area contributed by atoms with E-state index in [2.05, 4.69) is 49.9 Å². The van der Waals surface area contributed by atoms with Gasteiger partial charge in [-0.3, -0.25) is 15.0 Å². The van der Waals surface area contributed by atoms with Gasteiger partial charge in [-0.2, -0.15) is 0 Å². The Labute approximate surface area is 148 Å². The number of guanidine groups is 1. The maximum Gasteiger partial charge on any atom is 0.190 e. The molecule has 2 heterocycles. The fraction of sp³-hybridized carbons (Fsp3) is 0.250. The molecule has 2 aromatic heterocycles. The summed E-state index contributed by atoms with van der Waals surface area (Å²) in [7, 11) is 1.79. The highest BCUT2D eigenvalue weighted by Gasteiger charge is 2.03. The molecule has 5 heteroatoms. The maximum atomic E-state index is 4.50. The lowest BCUT2D eigenvalue weighted by Crippen LogP contribution is -2.39. The number of hydrogen-bond acceptors (Lipinski definition) is 3. The molecule has 0 spiro atoms. The molecule has 0 aliphatic heterocycles. The van der Waals surface area contributed by atoms with Gasteiger partial charge in [0.15, 0.2) is 5.96 Å². The van der Waals surface area contributed by atoms with Crippen molar-refractivity contribution in [2.24, 2.45) is 4.99 Å². The fourth-order valence-electron chi connectivity index (χ4n) is 2.76.